The van der Waals surface area contributed by atoms with Crippen molar-refractivity contribution < 1.29 is 23.5 Å². The highest BCUT2D eigenvalue weighted by Gasteiger charge is 2.52. The van der Waals surface area contributed by atoms with E-state index in [9.17, 15) is 9.59 Å². The van der Waals surface area contributed by atoms with Gasteiger partial charge in [0.1, 0.15) is 0 Å². The van der Waals surface area contributed by atoms with Gasteiger partial charge >= 0.3 is 17.6 Å². The number of rotatable bonds is 5. The average molecular weight is 304 g/mol. The van der Waals surface area contributed by atoms with Crippen LogP contribution in [0.15, 0.2) is 42.5 Å². The van der Waals surface area contributed by atoms with Crippen molar-refractivity contribution in [2.45, 2.75) is 19.5 Å². The van der Waals surface area contributed by atoms with E-state index in [2.05, 4.69) is 0 Å². The zero-order chi connectivity index (χ0) is 16.2. The molecule has 0 aliphatic rings. The van der Waals surface area contributed by atoms with Gasteiger partial charge in [-0.1, -0.05) is 42.5 Å². The first kappa shape index (κ1) is 15.9. The largest absolute Gasteiger partial charge is 0.463 e. The molecule has 0 bridgehead atoms. The van der Waals surface area contributed by atoms with Gasteiger partial charge in [0.2, 0.25) is 0 Å². The lowest BCUT2D eigenvalue weighted by Crippen LogP contribution is -2.42. The van der Waals surface area contributed by atoms with Gasteiger partial charge in [0.15, 0.2) is 0 Å². The predicted octanol–water partition coefficient (Wildman–Crippen LogP) is 3.13. The molecule has 0 aliphatic heterocycles. The van der Waals surface area contributed by atoms with Crippen molar-refractivity contribution >= 4 is 22.7 Å². The molecule has 22 heavy (non-hydrogen) atoms. The molecule has 2 rings (SSSR count). The lowest BCUT2D eigenvalue weighted by Gasteiger charge is -2.23. The van der Waals surface area contributed by atoms with E-state index < -0.39 is 17.6 Å². The minimum absolute atomic E-state index is 0.0331. The van der Waals surface area contributed by atoms with E-state index in [0.717, 1.165) is 5.39 Å². The van der Waals surface area contributed by atoms with Gasteiger partial charge in [-0.15, -0.1) is 0 Å². The van der Waals surface area contributed by atoms with E-state index in [0.29, 0.717) is 5.39 Å². The molecule has 0 saturated carbocycles. The van der Waals surface area contributed by atoms with E-state index in [1.54, 1.807) is 50.2 Å². The number of ether oxygens (including phenoxy) is 2. The van der Waals surface area contributed by atoms with E-state index in [-0.39, 0.29) is 18.8 Å². The highest BCUT2D eigenvalue weighted by molar-refractivity contribution is 6.08. The molecule has 0 fully saturated rings. The molecule has 0 spiro atoms. The van der Waals surface area contributed by atoms with Crippen LogP contribution < -0.4 is 0 Å². The Hall–Kier alpha value is -2.43. The van der Waals surface area contributed by atoms with Crippen molar-refractivity contribution in [1.82, 2.24) is 0 Å². The molecule has 4 nitrogen and oxygen atoms in total. The third-order valence-corrected chi connectivity index (χ3v) is 3.27. The molecule has 2 aromatic rings. The van der Waals surface area contributed by atoms with E-state index in [1.165, 1.54) is 6.07 Å². The minimum Gasteiger partial charge on any atom is -0.463 e. The van der Waals surface area contributed by atoms with Gasteiger partial charge in [-0.05, 0) is 24.6 Å². The molecule has 0 saturated heterocycles. The van der Waals surface area contributed by atoms with Crippen molar-refractivity contribution in [3.8, 4) is 0 Å². The summed E-state index contributed by atoms with van der Waals surface area (Å²) in [5.74, 6) is -2.52. The second-order valence-corrected chi connectivity index (χ2v) is 4.63. The molecule has 0 atom stereocenters. The quantitative estimate of drug-likeness (QED) is 0.629. The van der Waals surface area contributed by atoms with Crippen molar-refractivity contribution in [3.05, 3.63) is 48.0 Å². The van der Waals surface area contributed by atoms with Crippen LogP contribution in [0.4, 0.5) is 4.39 Å². The van der Waals surface area contributed by atoms with Gasteiger partial charge in [0, 0.05) is 5.56 Å². The smallest absolute Gasteiger partial charge is 0.360 e. The number of alkyl halides is 1. The summed E-state index contributed by atoms with van der Waals surface area (Å²) in [7, 11) is 0. The molecule has 5 heteroatoms. The highest BCUT2D eigenvalue weighted by Crippen LogP contribution is 2.34. The zero-order valence-corrected chi connectivity index (χ0v) is 12.5. The number of hydrogen-bond donors (Lipinski definition) is 0. The van der Waals surface area contributed by atoms with Crippen molar-refractivity contribution in [2.75, 3.05) is 13.2 Å². The molecule has 0 heterocycles. The SMILES string of the molecule is CCOC(=O)C(F)(C(=O)OCC)c1cccc2ccccc12. The van der Waals surface area contributed by atoms with Crippen LogP contribution in [0.3, 0.4) is 0 Å². The Morgan fingerprint density at radius 3 is 2.09 bits per heavy atom. The van der Waals surface area contributed by atoms with Crippen LogP contribution in [0, 0.1) is 0 Å². The van der Waals surface area contributed by atoms with Crippen LogP contribution >= 0.6 is 0 Å². The fourth-order valence-corrected chi connectivity index (χ4v) is 2.29. The Labute approximate surface area is 127 Å². The average Bonchev–Trinajstić information content (AvgIpc) is 2.54. The normalized spacial score (nSPS) is 11.2. The van der Waals surface area contributed by atoms with Gasteiger partial charge in [-0.2, -0.15) is 0 Å². The first-order chi connectivity index (χ1) is 10.6. The Bertz CT molecular complexity index is 673. The van der Waals surface area contributed by atoms with Crippen LogP contribution in [-0.4, -0.2) is 25.2 Å². The fourth-order valence-electron chi connectivity index (χ4n) is 2.29. The number of esters is 2. The number of carbonyl (C=O) groups excluding carboxylic acids is 2. The maximum absolute atomic E-state index is 15.5. The van der Waals surface area contributed by atoms with Gasteiger partial charge in [-0.25, -0.2) is 14.0 Å². The third-order valence-electron chi connectivity index (χ3n) is 3.27. The Morgan fingerprint density at radius 1 is 0.955 bits per heavy atom. The summed E-state index contributed by atoms with van der Waals surface area (Å²) in [5.41, 5.74) is -3.05. The maximum atomic E-state index is 15.5. The van der Waals surface area contributed by atoms with Gasteiger partial charge < -0.3 is 9.47 Å². The van der Waals surface area contributed by atoms with Crippen LogP contribution in [0.1, 0.15) is 19.4 Å². The second-order valence-electron chi connectivity index (χ2n) is 4.63. The van der Waals surface area contributed by atoms with Crippen LogP contribution in [0.25, 0.3) is 10.8 Å². The van der Waals surface area contributed by atoms with Gasteiger partial charge in [-0.3, -0.25) is 0 Å². The zero-order valence-electron chi connectivity index (χ0n) is 12.5. The molecular weight excluding hydrogens is 287 g/mol. The number of carbonyl (C=O) groups is 2. The monoisotopic (exact) mass is 304 g/mol. The molecule has 116 valence electrons. The number of halogens is 1. The first-order valence-electron chi connectivity index (χ1n) is 7.07. The van der Waals surface area contributed by atoms with E-state index in [1.807, 2.05) is 0 Å². The molecule has 0 unspecified atom stereocenters. The number of fused-ring (bicyclic) bond motifs is 1. The molecule has 0 N–H and O–H groups in total. The molecule has 0 amide bonds. The van der Waals surface area contributed by atoms with Gasteiger partial charge in [0.25, 0.3) is 0 Å². The molecule has 0 aliphatic carbocycles. The molecule has 0 aromatic heterocycles. The molecule has 0 radical (unpaired) electrons. The highest BCUT2D eigenvalue weighted by atomic mass is 19.1. The summed E-state index contributed by atoms with van der Waals surface area (Å²) in [6.07, 6.45) is 0. The summed E-state index contributed by atoms with van der Waals surface area (Å²) >= 11 is 0. The van der Waals surface area contributed by atoms with Crippen LogP contribution in [-0.2, 0) is 24.7 Å². The number of hydrogen-bond acceptors (Lipinski definition) is 4. The van der Waals surface area contributed by atoms with E-state index >= 15 is 4.39 Å². The van der Waals surface area contributed by atoms with Crippen molar-refractivity contribution in [1.29, 1.82) is 0 Å². The standard InChI is InChI=1S/C17H17FO4/c1-3-21-15(19)17(18,16(20)22-4-2)14-11-7-9-12-8-5-6-10-13(12)14/h5-11H,3-4H2,1-2H3. The fraction of sp³-hybridized carbons (Fsp3) is 0.294. The lowest BCUT2D eigenvalue weighted by atomic mass is 9.90. The van der Waals surface area contributed by atoms with Crippen LogP contribution in [0.2, 0.25) is 0 Å². The van der Waals surface area contributed by atoms with Crippen LogP contribution in [0.5, 0.6) is 0 Å². The van der Waals surface area contributed by atoms with Gasteiger partial charge in [0.05, 0.1) is 13.2 Å². The topological polar surface area (TPSA) is 52.6 Å². The lowest BCUT2D eigenvalue weighted by molar-refractivity contribution is -0.175. The second kappa shape index (κ2) is 6.56. The minimum atomic E-state index is -2.98. The number of benzene rings is 2. The summed E-state index contributed by atoms with van der Waals surface area (Å²) in [4.78, 5) is 24.3. The Morgan fingerprint density at radius 2 is 1.50 bits per heavy atom. The van der Waals surface area contributed by atoms with Crippen molar-refractivity contribution in [2.24, 2.45) is 0 Å². The van der Waals surface area contributed by atoms with E-state index in [4.69, 9.17) is 9.47 Å². The summed E-state index contributed by atoms with van der Waals surface area (Å²) in [5, 5.41) is 1.18. The summed E-state index contributed by atoms with van der Waals surface area (Å²) in [6.45, 7) is 3.03. The maximum Gasteiger partial charge on any atom is 0.360 e. The first-order valence-corrected chi connectivity index (χ1v) is 7.07. The summed E-state index contributed by atoms with van der Waals surface area (Å²) < 4.78 is 25.0. The summed E-state index contributed by atoms with van der Waals surface area (Å²) in [6, 6.07) is 11.7. The molecule has 2 aromatic carbocycles. The third kappa shape index (κ3) is 2.66. The predicted molar refractivity (Wildman–Crippen MR) is 80.0 cm³/mol. The van der Waals surface area contributed by atoms with Crippen molar-refractivity contribution in [3.63, 3.8) is 0 Å². The molecular formula is C17H17FO4. The Balaban J connectivity index is 2.66. The Kier molecular flexibility index (Phi) is 4.75.